The molecule has 0 unspecified atom stereocenters. The summed E-state index contributed by atoms with van der Waals surface area (Å²) in [7, 11) is 0. The van der Waals surface area contributed by atoms with Crippen LogP contribution < -0.4 is 0 Å². The lowest BCUT2D eigenvalue weighted by atomic mass is 9.79. The normalized spacial score (nSPS) is 30.3. The van der Waals surface area contributed by atoms with Gasteiger partial charge in [-0.15, -0.1) is 0 Å². The molecule has 6 heteroatoms. The Morgan fingerprint density at radius 1 is 1.16 bits per heavy atom. The minimum atomic E-state index is -4.14. The Labute approximate surface area is 110 Å². The van der Waals surface area contributed by atoms with Gasteiger partial charge in [0.2, 0.25) is 5.91 Å². The molecule has 108 valence electrons. The van der Waals surface area contributed by atoms with Gasteiger partial charge in [-0.25, -0.2) is 0 Å². The second kappa shape index (κ2) is 4.36. The Bertz CT molecular complexity index is 371. The fourth-order valence-corrected chi connectivity index (χ4v) is 3.48. The van der Waals surface area contributed by atoms with E-state index in [9.17, 15) is 18.0 Å². The maximum Gasteiger partial charge on any atom is 0.401 e. The van der Waals surface area contributed by atoms with Gasteiger partial charge in [0, 0.05) is 32.1 Å². The number of carbonyl (C=O) groups is 1. The van der Waals surface area contributed by atoms with Crippen LogP contribution in [-0.2, 0) is 4.79 Å². The summed E-state index contributed by atoms with van der Waals surface area (Å²) >= 11 is 0. The van der Waals surface area contributed by atoms with E-state index < -0.39 is 12.7 Å². The zero-order chi connectivity index (χ0) is 13.7. The molecule has 19 heavy (non-hydrogen) atoms. The van der Waals surface area contributed by atoms with E-state index in [0.29, 0.717) is 31.6 Å². The Morgan fingerprint density at radius 2 is 1.79 bits per heavy atom. The van der Waals surface area contributed by atoms with Crippen LogP contribution in [0.3, 0.4) is 0 Å². The van der Waals surface area contributed by atoms with Crippen LogP contribution in [0.2, 0.25) is 0 Å². The number of alkyl halides is 3. The van der Waals surface area contributed by atoms with Crippen molar-refractivity contribution in [3.05, 3.63) is 0 Å². The van der Waals surface area contributed by atoms with E-state index in [-0.39, 0.29) is 11.8 Å². The predicted octanol–water partition coefficient (Wildman–Crippen LogP) is 1.88. The number of piperazine rings is 1. The predicted molar refractivity (Wildman–Crippen MR) is 63.5 cm³/mol. The van der Waals surface area contributed by atoms with Crippen molar-refractivity contribution in [3.8, 4) is 0 Å². The molecule has 1 heterocycles. The van der Waals surface area contributed by atoms with Crippen LogP contribution in [0.15, 0.2) is 0 Å². The second-order valence-electron chi connectivity index (χ2n) is 6.19. The van der Waals surface area contributed by atoms with Gasteiger partial charge >= 0.3 is 6.18 Å². The van der Waals surface area contributed by atoms with E-state index in [2.05, 4.69) is 0 Å². The monoisotopic (exact) mass is 276 g/mol. The summed E-state index contributed by atoms with van der Waals surface area (Å²) in [6, 6.07) is 0. The summed E-state index contributed by atoms with van der Waals surface area (Å²) < 4.78 is 36.8. The summed E-state index contributed by atoms with van der Waals surface area (Å²) in [4.78, 5) is 15.4. The van der Waals surface area contributed by atoms with Crippen molar-refractivity contribution in [2.75, 3.05) is 32.7 Å². The van der Waals surface area contributed by atoms with Crippen molar-refractivity contribution in [3.63, 3.8) is 0 Å². The molecular weight excluding hydrogens is 257 g/mol. The average molecular weight is 276 g/mol. The first-order valence-corrected chi connectivity index (χ1v) is 6.98. The number of hydrogen-bond donors (Lipinski definition) is 0. The Balaban J connectivity index is 1.47. The fourth-order valence-electron chi connectivity index (χ4n) is 3.48. The van der Waals surface area contributed by atoms with Gasteiger partial charge in [0.05, 0.1) is 6.54 Å². The number of amides is 1. The van der Waals surface area contributed by atoms with Crippen LogP contribution in [0.25, 0.3) is 0 Å². The molecule has 1 aliphatic heterocycles. The van der Waals surface area contributed by atoms with Crippen molar-refractivity contribution < 1.29 is 18.0 Å². The SMILES string of the molecule is O=C([C@H]1CC12CCC2)N1CCN(CC(F)(F)F)CC1. The third kappa shape index (κ3) is 2.59. The molecular formula is C13H19F3N2O. The van der Waals surface area contributed by atoms with Crippen molar-refractivity contribution in [1.29, 1.82) is 0 Å². The lowest BCUT2D eigenvalue weighted by Crippen LogP contribution is -2.51. The summed E-state index contributed by atoms with van der Waals surface area (Å²) in [5.74, 6) is 0.363. The minimum absolute atomic E-state index is 0.176. The molecule has 3 rings (SSSR count). The average Bonchev–Trinajstić information content (AvgIpc) is 3.02. The van der Waals surface area contributed by atoms with Gasteiger partial charge < -0.3 is 4.90 Å². The van der Waals surface area contributed by atoms with Crippen molar-refractivity contribution >= 4 is 5.91 Å². The highest BCUT2D eigenvalue weighted by Gasteiger charge is 2.61. The molecule has 3 nitrogen and oxygen atoms in total. The van der Waals surface area contributed by atoms with Gasteiger partial charge in [0.25, 0.3) is 0 Å². The number of hydrogen-bond acceptors (Lipinski definition) is 2. The summed E-state index contributed by atoms with van der Waals surface area (Å²) in [6.45, 7) is 0.710. The molecule has 1 spiro atoms. The lowest BCUT2D eigenvalue weighted by Gasteiger charge is -2.36. The van der Waals surface area contributed by atoms with Crippen LogP contribution in [0.1, 0.15) is 25.7 Å². The first-order valence-electron chi connectivity index (χ1n) is 6.98. The Kier molecular flexibility index (Phi) is 3.04. The largest absolute Gasteiger partial charge is 0.401 e. The van der Waals surface area contributed by atoms with E-state index in [1.807, 2.05) is 0 Å². The maximum absolute atomic E-state index is 12.3. The third-order valence-corrected chi connectivity index (χ3v) is 4.92. The summed E-state index contributed by atoms with van der Waals surface area (Å²) in [6.07, 6.45) is 0.422. The van der Waals surface area contributed by atoms with Gasteiger partial charge in [0.15, 0.2) is 0 Å². The molecule has 3 aliphatic rings. The van der Waals surface area contributed by atoms with Gasteiger partial charge in [-0.2, -0.15) is 13.2 Å². The van der Waals surface area contributed by atoms with Crippen LogP contribution >= 0.6 is 0 Å². The third-order valence-electron chi connectivity index (χ3n) is 4.92. The number of carbonyl (C=O) groups excluding carboxylic acids is 1. The van der Waals surface area contributed by atoms with Gasteiger partial charge in [-0.3, -0.25) is 9.69 Å². The van der Waals surface area contributed by atoms with Crippen LogP contribution in [-0.4, -0.2) is 54.6 Å². The number of rotatable bonds is 2. The van der Waals surface area contributed by atoms with E-state index in [1.54, 1.807) is 4.90 Å². The molecule has 0 aromatic rings. The molecule has 2 aliphatic carbocycles. The molecule has 0 N–H and O–H groups in total. The van der Waals surface area contributed by atoms with Gasteiger partial charge in [-0.05, 0) is 24.7 Å². The topological polar surface area (TPSA) is 23.6 Å². The molecule has 1 saturated heterocycles. The van der Waals surface area contributed by atoms with Crippen LogP contribution in [0.4, 0.5) is 13.2 Å². The Hall–Kier alpha value is -0.780. The summed E-state index contributed by atoms with van der Waals surface area (Å²) in [5.41, 5.74) is 0.306. The quantitative estimate of drug-likeness (QED) is 0.769. The van der Waals surface area contributed by atoms with E-state index >= 15 is 0 Å². The van der Waals surface area contributed by atoms with Crippen molar-refractivity contribution in [2.45, 2.75) is 31.9 Å². The molecule has 3 fully saturated rings. The zero-order valence-corrected chi connectivity index (χ0v) is 10.9. The Morgan fingerprint density at radius 3 is 2.21 bits per heavy atom. The molecule has 1 amide bonds. The van der Waals surface area contributed by atoms with Gasteiger partial charge in [-0.1, -0.05) is 6.42 Å². The van der Waals surface area contributed by atoms with E-state index in [4.69, 9.17) is 0 Å². The first-order chi connectivity index (χ1) is 8.90. The standard InChI is InChI=1S/C13H19F3N2O/c14-13(15,16)9-17-4-6-18(7-5-17)11(19)10-8-12(10)2-1-3-12/h10H,1-9H2/t10-/m1/s1. The van der Waals surface area contributed by atoms with Gasteiger partial charge in [0.1, 0.15) is 0 Å². The fraction of sp³-hybridized carbons (Fsp3) is 0.923. The molecule has 2 saturated carbocycles. The highest BCUT2D eigenvalue weighted by atomic mass is 19.4. The summed E-state index contributed by atoms with van der Waals surface area (Å²) in [5, 5.41) is 0. The number of halogens is 3. The lowest BCUT2D eigenvalue weighted by molar-refractivity contribution is -0.152. The minimum Gasteiger partial charge on any atom is -0.340 e. The van der Waals surface area contributed by atoms with E-state index in [0.717, 1.165) is 19.3 Å². The molecule has 0 aromatic carbocycles. The molecule has 0 radical (unpaired) electrons. The molecule has 1 atom stereocenters. The van der Waals surface area contributed by atoms with Crippen molar-refractivity contribution in [2.24, 2.45) is 11.3 Å². The smallest absolute Gasteiger partial charge is 0.340 e. The number of nitrogens with zero attached hydrogens (tertiary/aromatic N) is 2. The van der Waals surface area contributed by atoms with Crippen molar-refractivity contribution in [1.82, 2.24) is 9.80 Å². The first kappa shape index (κ1) is 13.2. The molecule has 0 bridgehead atoms. The zero-order valence-electron chi connectivity index (χ0n) is 10.9. The van der Waals surface area contributed by atoms with Crippen LogP contribution in [0.5, 0.6) is 0 Å². The second-order valence-corrected chi connectivity index (χ2v) is 6.19. The molecule has 0 aromatic heterocycles. The maximum atomic E-state index is 12.3. The van der Waals surface area contributed by atoms with E-state index in [1.165, 1.54) is 11.3 Å². The highest BCUT2D eigenvalue weighted by Crippen LogP contribution is 2.65. The van der Waals surface area contributed by atoms with Crippen LogP contribution in [0, 0.1) is 11.3 Å². The highest BCUT2D eigenvalue weighted by molar-refractivity contribution is 5.83.